The van der Waals surface area contributed by atoms with Crippen LogP contribution in [0.25, 0.3) is 10.8 Å². The van der Waals surface area contributed by atoms with Gasteiger partial charge in [-0.2, -0.15) is 0 Å². The van der Waals surface area contributed by atoms with Gasteiger partial charge in [0.1, 0.15) is 0 Å². The van der Waals surface area contributed by atoms with Crippen LogP contribution in [0.1, 0.15) is 30.7 Å². The Hall–Kier alpha value is -2.60. The van der Waals surface area contributed by atoms with Gasteiger partial charge in [0.2, 0.25) is 5.91 Å². The summed E-state index contributed by atoms with van der Waals surface area (Å²) >= 11 is 0. The van der Waals surface area contributed by atoms with E-state index < -0.39 is 6.10 Å². The monoisotopic (exact) mass is 381 g/mol. The maximum Gasteiger partial charge on any atom is 0.317 e. The van der Waals surface area contributed by atoms with E-state index in [2.05, 4.69) is 35.6 Å². The second kappa shape index (κ2) is 8.19. The van der Waals surface area contributed by atoms with Crippen molar-refractivity contribution in [1.29, 1.82) is 0 Å². The van der Waals surface area contributed by atoms with Crippen LogP contribution in [0.4, 0.5) is 4.79 Å². The zero-order valence-corrected chi connectivity index (χ0v) is 16.0. The number of benzene rings is 2. The number of urea groups is 1. The van der Waals surface area contributed by atoms with E-state index >= 15 is 0 Å². The van der Waals surface area contributed by atoms with Crippen LogP contribution in [0.2, 0.25) is 0 Å². The first kappa shape index (κ1) is 18.7. The van der Waals surface area contributed by atoms with Gasteiger partial charge in [0.15, 0.2) is 0 Å². The van der Waals surface area contributed by atoms with Crippen molar-refractivity contribution in [2.75, 3.05) is 32.7 Å². The Morgan fingerprint density at radius 2 is 1.96 bits per heavy atom. The van der Waals surface area contributed by atoms with Crippen LogP contribution >= 0.6 is 0 Å². The molecule has 2 aliphatic heterocycles. The molecule has 2 saturated heterocycles. The lowest BCUT2D eigenvalue weighted by Gasteiger charge is -2.36. The number of nitrogens with zero attached hydrogens (tertiary/aromatic N) is 2. The molecule has 2 heterocycles. The zero-order valence-electron chi connectivity index (χ0n) is 16.0. The van der Waals surface area contributed by atoms with E-state index in [1.165, 1.54) is 10.8 Å². The number of aliphatic hydroxyl groups excluding tert-OH is 1. The normalized spacial score (nSPS) is 22.7. The Morgan fingerprint density at radius 1 is 1.14 bits per heavy atom. The van der Waals surface area contributed by atoms with E-state index in [0.29, 0.717) is 32.6 Å². The zero-order chi connectivity index (χ0) is 19.5. The number of aliphatic hydroxyl groups is 1. The molecule has 0 saturated carbocycles. The fourth-order valence-electron chi connectivity index (χ4n) is 4.29. The quantitative estimate of drug-likeness (QED) is 0.854. The van der Waals surface area contributed by atoms with E-state index in [-0.39, 0.29) is 17.9 Å². The molecule has 2 aromatic rings. The van der Waals surface area contributed by atoms with Crippen LogP contribution in [0.15, 0.2) is 42.5 Å². The number of piperidine rings is 1. The summed E-state index contributed by atoms with van der Waals surface area (Å²) in [6.45, 7) is 2.73. The maximum absolute atomic E-state index is 12.4. The summed E-state index contributed by atoms with van der Waals surface area (Å²) in [6, 6.07) is 14.4. The summed E-state index contributed by atoms with van der Waals surface area (Å²) < 4.78 is 0. The van der Waals surface area contributed by atoms with Gasteiger partial charge in [0, 0.05) is 45.1 Å². The van der Waals surface area contributed by atoms with Crippen molar-refractivity contribution < 1.29 is 14.7 Å². The minimum atomic E-state index is -0.583. The van der Waals surface area contributed by atoms with Crippen molar-refractivity contribution in [2.24, 2.45) is 0 Å². The number of rotatable bonds is 4. The molecule has 0 unspecified atom stereocenters. The van der Waals surface area contributed by atoms with Gasteiger partial charge >= 0.3 is 6.03 Å². The molecule has 6 heteroatoms. The van der Waals surface area contributed by atoms with Crippen molar-refractivity contribution in [3.8, 4) is 0 Å². The highest BCUT2D eigenvalue weighted by atomic mass is 16.3. The third-order valence-corrected chi connectivity index (χ3v) is 5.90. The lowest BCUT2D eigenvalue weighted by Crippen LogP contribution is -2.50. The molecule has 0 aromatic heterocycles. The first-order valence-corrected chi connectivity index (χ1v) is 10.1. The molecule has 2 aromatic carbocycles. The van der Waals surface area contributed by atoms with Gasteiger partial charge < -0.3 is 20.2 Å². The number of nitrogens with one attached hydrogen (secondary N) is 1. The minimum absolute atomic E-state index is 0.0378. The predicted molar refractivity (Wildman–Crippen MR) is 108 cm³/mol. The van der Waals surface area contributed by atoms with Gasteiger partial charge in [0.05, 0.1) is 6.10 Å². The highest BCUT2D eigenvalue weighted by molar-refractivity contribution is 5.83. The number of carbonyl (C=O) groups excluding carboxylic acids is 2. The number of carbonyl (C=O) groups is 2. The van der Waals surface area contributed by atoms with Crippen molar-refractivity contribution in [1.82, 2.24) is 15.1 Å². The van der Waals surface area contributed by atoms with Gasteiger partial charge in [-0.15, -0.1) is 0 Å². The van der Waals surface area contributed by atoms with Gasteiger partial charge in [0.25, 0.3) is 0 Å². The van der Waals surface area contributed by atoms with Gasteiger partial charge in [-0.3, -0.25) is 4.79 Å². The van der Waals surface area contributed by atoms with Crippen LogP contribution in [-0.4, -0.2) is 65.7 Å². The molecular formula is C22H27N3O3. The second-order valence-electron chi connectivity index (χ2n) is 7.73. The SMILES string of the molecule is O=C1CCCN1CCNC(=O)N1CC[C@@H](c2ccc3ccccc3c2)[C@H](O)C1. The van der Waals surface area contributed by atoms with E-state index in [1.54, 1.807) is 9.80 Å². The number of β-amino-alcohol motifs (C(OH)–C–C–N with tert-alkyl or cyclic N) is 1. The van der Waals surface area contributed by atoms with Crippen LogP contribution in [0, 0.1) is 0 Å². The molecule has 28 heavy (non-hydrogen) atoms. The second-order valence-corrected chi connectivity index (χ2v) is 7.73. The molecule has 3 amide bonds. The summed E-state index contributed by atoms with van der Waals surface area (Å²) in [6.07, 6.45) is 1.67. The third kappa shape index (κ3) is 3.97. The first-order chi connectivity index (χ1) is 13.6. The number of amides is 3. The molecule has 2 aliphatic rings. The molecule has 0 spiro atoms. The Balaban J connectivity index is 1.31. The largest absolute Gasteiger partial charge is 0.391 e. The molecule has 6 nitrogen and oxygen atoms in total. The number of fused-ring (bicyclic) bond motifs is 1. The number of hydrogen-bond acceptors (Lipinski definition) is 3. The fourth-order valence-corrected chi connectivity index (χ4v) is 4.29. The number of likely N-dealkylation sites (tertiary alicyclic amines) is 2. The summed E-state index contributed by atoms with van der Waals surface area (Å²) in [7, 11) is 0. The Bertz CT molecular complexity index is 869. The minimum Gasteiger partial charge on any atom is -0.391 e. The topological polar surface area (TPSA) is 72.9 Å². The van der Waals surface area contributed by atoms with Crippen molar-refractivity contribution in [3.05, 3.63) is 48.0 Å². The van der Waals surface area contributed by atoms with Crippen LogP contribution < -0.4 is 5.32 Å². The van der Waals surface area contributed by atoms with Crippen LogP contribution in [-0.2, 0) is 4.79 Å². The highest BCUT2D eigenvalue weighted by Crippen LogP contribution is 2.30. The molecule has 148 valence electrons. The van der Waals surface area contributed by atoms with Crippen LogP contribution in [0.3, 0.4) is 0 Å². The Kier molecular flexibility index (Phi) is 5.48. The molecule has 0 aliphatic carbocycles. The molecule has 0 radical (unpaired) electrons. The standard InChI is InChI=1S/C22H27N3O3/c26-20-15-25(22(28)23-10-13-24-11-3-6-21(24)27)12-9-19(20)18-8-7-16-4-1-2-5-17(16)14-18/h1-2,4-5,7-8,14,19-20,26H,3,6,9-13,15H2,(H,23,28)/t19-,20+/m0/s1. The number of hydrogen-bond donors (Lipinski definition) is 2. The van der Waals surface area contributed by atoms with E-state index in [9.17, 15) is 14.7 Å². The Labute approximate surface area is 165 Å². The van der Waals surface area contributed by atoms with E-state index in [0.717, 1.165) is 24.9 Å². The average molecular weight is 381 g/mol. The lowest BCUT2D eigenvalue weighted by molar-refractivity contribution is -0.127. The third-order valence-electron chi connectivity index (χ3n) is 5.90. The maximum atomic E-state index is 12.4. The molecule has 4 rings (SSSR count). The Morgan fingerprint density at radius 3 is 2.71 bits per heavy atom. The summed E-state index contributed by atoms with van der Waals surface area (Å²) in [5.74, 6) is 0.205. The van der Waals surface area contributed by atoms with E-state index in [1.807, 2.05) is 12.1 Å². The van der Waals surface area contributed by atoms with Gasteiger partial charge in [-0.1, -0.05) is 42.5 Å². The van der Waals surface area contributed by atoms with Gasteiger partial charge in [-0.05, 0) is 29.2 Å². The average Bonchev–Trinajstić information content (AvgIpc) is 3.12. The van der Waals surface area contributed by atoms with Crippen molar-refractivity contribution >= 4 is 22.7 Å². The van der Waals surface area contributed by atoms with E-state index in [4.69, 9.17) is 0 Å². The molecular weight excluding hydrogens is 354 g/mol. The summed E-state index contributed by atoms with van der Waals surface area (Å²) in [5, 5.41) is 15.9. The molecule has 0 bridgehead atoms. The van der Waals surface area contributed by atoms with Crippen LogP contribution in [0.5, 0.6) is 0 Å². The molecule has 2 atom stereocenters. The first-order valence-electron chi connectivity index (χ1n) is 10.1. The van der Waals surface area contributed by atoms with Crippen molar-refractivity contribution in [3.63, 3.8) is 0 Å². The van der Waals surface area contributed by atoms with Gasteiger partial charge in [-0.25, -0.2) is 4.79 Å². The molecule has 2 fully saturated rings. The fraction of sp³-hybridized carbons (Fsp3) is 0.455. The van der Waals surface area contributed by atoms with Crippen molar-refractivity contribution in [2.45, 2.75) is 31.3 Å². The smallest absolute Gasteiger partial charge is 0.317 e. The summed E-state index contributed by atoms with van der Waals surface area (Å²) in [4.78, 5) is 27.5. The molecule has 2 N–H and O–H groups in total. The lowest BCUT2D eigenvalue weighted by atomic mass is 9.86. The summed E-state index contributed by atoms with van der Waals surface area (Å²) in [5.41, 5.74) is 1.12. The highest BCUT2D eigenvalue weighted by Gasteiger charge is 2.31. The predicted octanol–water partition coefficient (Wildman–Crippen LogP) is 2.32.